The standard InChI is InChI=1S/C24H25N5O/c1-14-18-7-5-6-8-19(18)21(28-14)22-15(2)27-20-10-9-16(13-29(20)22)17-11-25-23(26-12-17)24(3,4)30/h5-14,21,28,30H,1-4H3/t14-,21+/m1/s1. The molecule has 2 atom stereocenters. The van der Waals surface area contributed by atoms with Crippen LogP contribution in [0.3, 0.4) is 0 Å². The Morgan fingerprint density at radius 1 is 1.00 bits per heavy atom. The zero-order chi connectivity index (χ0) is 21.0. The highest BCUT2D eigenvalue weighted by Gasteiger charge is 2.31. The molecule has 0 fully saturated rings. The van der Waals surface area contributed by atoms with Crippen molar-refractivity contribution in [3.05, 3.63) is 83.3 Å². The smallest absolute Gasteiger partial charge is 0.159 e. The SMILES string of the molecule is Cc1nc2ccc(-c3cnc(C(C)(C)O)nc3)cn2c1[C@H]1N[C@H](C)c2ccccc21. The fraction of sp³-hybridized carbons (Fsp3) is 0.292. The first-order chi connectivity index (χ1) is 14.3. The summed E-state index contributed by atoms with van der Waals surface area (Å²) in [6.07, 6.45) is 5.62. The van der Waals surface area contributed by atoms with Crippen molar-refractivity contribution in [3.8, 4) is 11.1 Å². The van der Waals surface area contributed by atoms with E-state index in [1.54, 1.807) is 26.2 Å². The lowest BCUT2D eigenvalue weighted by atomic mass is 10.00. The van der Waals surface area contributed by atoms with Crippen LogP contribution in [0.2, 0.25) is 0 Å². The van der Waals surface area contributed by atoms with Gasteiger partial charge in [0.15, 0.2) is 5.82 Å². The molecule has 2 N–H and O–H groups in total. The summed E-state index contributed by atoms with van der Waals surface area (Å²) >= 11 is 0. The Balaban J connectivity index is 1.61. The molecule has 1 aromatic carbocycles. The number of aryl methyl sites for hydroxylation is 1. The second kappa shape index (κ2) is 6.72. The summed E-state index contributed by atoms with van der Waals surface area (Å²) in [5.74, 6) is 0.409. The van der Waals surface area contributed by atoms with Crippen LogP contribution in [-0.4, -0.2) is 24.5 Å². The molecule has 0 bridgehead atoms. The predicted molar refractivity (Wildman–Crippen MR) is 116 cm³/mol. The van der Waals surface area contributed by atoms with Crippen LogP contribution in [0, 0.1) is 6.92 Å². The molecule has 6 heteroatoms. The molecule has 3 aromatic heterocycles. The van der Waals surface area contributed by atoms with Crippen LogP contribution in [0.1, 0.15) is 61.2 Å². The molecule has 4 heterocycles. The van der Waals surface area contributed by atoms with Gasteiger partial charge in [0.2, 0.25) is 0 Å². The highest BCUT2D eigenvalue weighted by molar-refractivity contribution is 5.64. The normalized spacial score (nSPS) is 18.7. The molecule has 0 spiro atoms. The first-order valence-electron chi connectivity index (χ1n) is 10.2. The minimum Gasteiger partial charge on any atom is -0.382 e. The van der Waals surface area contributed by atoms with Gasteiger partial charge in [-0.2, -0.15) is 0 Å². The van der Waals surface area contributed by atoms with Gasteiger partial charge in [0, 0.05) is 35.8 Å². The largest absolute Gasteiger partial charge is 0.382 e. The summed E-state index contributed by atoms with van der Waals surface area (Å²) in [4.78, 5) is 13.5. The number of nitrogens with one attached hydrogen (secondary N) is 1. The Bertz CT molecular complexity index is 1240. The quantitative estimate of drug-likeness (QED) is 0.543. The Morgan fingerprint density at radius 3 is 2.40 bits per heavy atom. The highest BCUT2D eigenvalue weighted by atomic mass is 16.3. The predicted octanol–water partition coefficient (Wildman–Crippen LogP) is 4.08. The molecule has 0 aliphatic carbocycles. The van der Waals surface area contributed by atoms with Crippen LogP contribution in [0.5, 0.6) is 0 Å². The zero-order valence-electron chi connectivity index (χ0n) is 17.6. The van der Waals surface area contributed by atoms with E-state index in [0.717, 1.165) is 28.2 Å². The minimum absolute atomic E-state index is 0.0928. The molecule has 0 saturated carbocycles. The minimum atomic E-state index is -1.06. The maximum atomic E-state index is 10.1. The van der Waals surface area contributed by atoms with Crippen LogP contribution in [0.4, 0.5) is 0 Å². The second-order valence-electron chi connectivity index (χ2n) is 8.53. The molecule has 1 aliphatic rings. The lowest BCUT2D eigenvalue weighted by molar-refractivity contribution is 0.0687. The van der Waals surface area contributed by atoms with E-state index in [1.807, 2.05) is 12.1 Å². The Kier molecular flexibility index (Phi) is 4.24. The van der Waals surface area contributed by atoms with Gasteiger partial charge in [-0.15, -0.1) is 0 Å². The van der Waals surface area contributed by atoms with Gasteiger partial charge < -0.3 is 9.51 Å². The van der Waals surface area contributed by atoms with Crippen molar-refractivity contribution in [2.45, 2.75) is 45.4 Å². The number of fused-ring (bicyclic) bond motifs is 2. The Labute approximate surface area is 175 Å². The van der Waals surface area contributed by atoms with Crippen LogP contribution in [-0.2, 0) is 5.60 Å². The van der Waals surface area contributed by atoms with Gasteiger partial charge in [-0.05, 0) is 51.0 Å². The average Bonchev–Trinajstić information content (AvgIpc) is 3.23. The summed E-state index contributed by atoms with van der Waals surface area (Å²) < 4.78 is 2.17. The summed E-state index contributed by atoms with van der Waals surface area (Å²) in [5, 5.41) is 13.8. The molecule has 1 aliphatic heterocycles. The molecule has 0 amide bonds. The van der Waals surface area contributed by atoms with Crippen molar-refractivity contribution in [2.24, 2.45) is 0 Å². The van der Waals surface area contributed by atoms with Gasteiger partial charge in [0.1, 0.15) is 11.2 Å². The van der Waals surface area contributed by atoms with Crippen molar-refractivity contribution in [1.82, 2.24) is 24.7 Å². The second-order valence-corrected chi connectivity index (χ2v) is 8.53. The summed E-state index contributed by atoms with van der Waals surface area (Å²) in [5.41, 5.74) is 6.56. The fourth-order valence-electron chi connectivity index (χ4n) is 4.32. The van der Waals surface area contributed by atoms with E-state index in [0.29, 0.717) is 11.9 Å². The summed E-state index contributed by atoms with van der Waals surface area (Å²) in [6.45, 7) is 7.63. The molecule has 0 radical (unpaired) electrons. The van der Waals surface area contributed by atoms with Crippen molar-refractivity contribution in [3.63, 3.8) is 0 Å². The number of hydrogen-bond acceptors (Lipinski definition) is 5. The van der Waals surface area contributed by atoms with E-state index in [2.05, 4.69) is 64.0 Å². The van der Waals surface area contributed by atoms with Gasteiger partial charge >= 0.3 is 0 Å². The molecule has 4 aromatic rings. The molecule has 0 saturated heterocycles. The maximum absolute atomic E-state index is 10.1. The first-order valence-corrected chi connectivity index (χ1v) is 10.2. The molecule has 6 nitrogen and oxygen atoms in total. The van der Waals surface area contributed by atoms with Crippen molar-refractivity contribution >= 4 is 5.65 Å². The van der Waals surface area contributed by atoms with Gasteiger partial charge in [-0.1, -0.05) is 24.3 Å². The van der Waals surface area contributed by atoms with Crippen LogP contribution >= 0.6 is 0 Å². The number of pyridine rings is 1. The van der Waals surface area contributed by atoms with Crippen molar-refractivity contribution < 1.29 is 5.11 Å². The lowest BCUT2D eigenvalue weighted by Crippen LogP contribution is -2.19. The van der Waals surface area contributed by atoms with Crippen LogP contribution in [0.25, 0.3) is 16.8 Å². The van der Waals surface area contributed by atoms with Crippen molar-refractivity contribution in [1.29, 1.82) is 0 Å². The molecular formula is C24H25N5O. The van der Waals surface area contributed by atoms with Gasteiger partial charge in [-0.3, -0.25) is 5.32 Å². The monoisotopic (exact) mass is 399 g/mol. The molecule has 30 heavy (non-hydrogen) atoms. The summed E-state index contributed by atoms with van der Waals surface area (Å²) in [7, 11) is 0. The number of nitrogens with zero attached hydrogens (tertiary/aromatic N) is 4. The first kappa shape index (κ1) is 18.9. The van der Waals surface area contributed by atoms with E-state index in [1.165, 1.54) is 11.1 Å². The van der Waals surface area contributed by atoms with Crippen molar-refractivity contribution in [2.75, 3.05) is 0 Å². The van der Waals surface area contributed by atoms with Crippen LogP contribution < -0.4 is 5.32 Å². The average molecular weight is 399 g/mol. The Morgan fingerprint density at radius 2 is 1.70 bits per heavy atom. The number of aromatic nitrogens is 4. The van der Waals surface area contributed by atoms with Crippen LogP contribution in [0.15, 0.2) is 55.0 Å². The maximum Gasteiger partial charge on any atom is 0.159 e. The zero-order valence-corrected chi connectivity index (χ0v) is 17.6. The third kappa shape index (κ3) is 3.00. The molecule has 152 valence electrons. The number of rotatable bonds is 3. The van der Waals surface area contributed by atoms with E-state index < -0.39 is 5.60 Å². The van der Waals surface area contributed by atoms with E-state index in [-0.39, 0.29) is 6.04 Å². The molecule has 0 unspecified atom stereocenters. The van der Waals surface area contributed by atoms with Gasteiger partial charge in [-0.25, -0.2) is 15.0 Å². The molecule has 5 rings (SSSR count). The number of benzene rings is 1. The number of aliphatic hydroxyl groups is 1. The van der Waals surface area contributed by atoms with E-state index >= 15 is 0 Å². The number of imidazole rings is 1. The highest BCUT2D eigenvalue weighted by Crippen LogP contribution is 2.38. The topological polar surface area (TPSA) is 75.3 Å². The summed E-state index contributed by atoms with van der Waals surface area (Å²) in [6, 6.07) is 13.0. The lowest BCUT2D eigenvalue weighted by Gasteiger charge is -2.16. The number of hydrogen-bond donors (Lipinski definition) is 2. The van der Waals surface area contributed by atoms with E-state index in [9.17, 15) is 5.11 Å². The fourth-order valence-corrected chi connectivity index (χ4v) is 4.32. The van der Waals surface area contributed by atoms with Gasteiger partial charge in [0.25, 0.3) is 0 Å². The third-order valence-corrected chi connectivity index (χ3v) is 5.84. The van der Waals surface area contributed by atoms with E-state index in [4.69, 9.17) is 4.98 Å². The molecular weight excluding hydrogens is 374 g/mol. The Hall–Kier alpha value is -3.09. The third-order valence-electron chi connectivity index (χ3n) is 5.84. The van der Waals surface area contributed by atoms with Gasteiger partial charge in [0.05, 0.1) is 17.4 Å².